The molecule has 3 atom stereocenters. The minimum atomic E-state index is -0.516. The third-order valence-electron chi connectivity index (χ3n) is 5.51. The minimum Gasteiger partial charge on any atom is -0.466 e. The highest BCUT2D eigenvalue weighted by molar-refractivity contribution is 6.02. The number of methoxy groups -OCH3 is 1. The number of ketones is 1. The molecule has 0 aromatic rings. The summed E-state index contributed by atoms with van der Waals surface area (Å²) in [5, 5.41) is 0. The first-order chi connectivity index (χ1) is 12.6. The van der Waals surface area contributed by atoms with Gasteiger partial charge in [0.05, 0.1) is 19.4 Å². The first kappa shape index (κ1) is 20.9. The standard InChI is InChI=1S/C22H28O5/c1-7-8-9-10-15-14(3)18(12-17(15)23)27-21(25)19-16(22(19,4)5)11-13(2)20(24)26-6/h7-11,16,18-19H,12H2,1-6H3/b8-7+,10-9+,13-11+. The van der Waals surface area contributed by atoms with E-state index in [1.165, 1.54) is 7.11 Å². The van der Waals surface area contributed by atoms with E-state index >= 15 is 0 Å². The maximum atomic E-state index is 12.7. The van der Waals surface area contributed by atoms with Crippen molar-refractivity contribution in [1.82, 2.24) is 0 Å². The van der Waals surface area contributed by atoms with E-state index in [0.717, 1.165) is 5.57 Å². The SMILES string of the molecule is C/C=C/C=C/C1=C(C)C(OC(=O)C2C(/C=C(\C)C(=O)OC)C2(C)C)CC1=O. The molecule has 5 heteroatoms. The smallest absolute Gasteiger partial charge is 0.333 e. The van der Waals surface area contributed by atoms with Crippen molar-refractivity contribution in [2.75, 3.05) is 7.11 Å². The van der Waals surface area contributed by atoms with Crippen molar-refractivity contribution in [3.8, 4) is 0 Å². The van der Waals surface area contributed by atoms with Crippen LogP contribution in [0.4, 0.5) is 0 Å². The summed E-state index contributed by atoms with van der Waals surface area (Å²) in [4.78, 5) is 36.5. The Balaban J connectivity index is 2.09. The maximum Gasteiger partial charge on any atom is 0.333 e. The highest BCUT2D eigenvalue weighted by atomic mass is 16.5. The number of carbonyl (C=O) groups is 3. The Morgan fingerprint density at radius 2 is 1.89 bits per heavy atom. The largest absolute Gasteiger partial charge is 0.466 e. The van der Waals surface area contributed by atoms with E-state index in [4.69, 9.17) is 9.47 Å². The summed E-state index contributed by atoms with van der Waals surface area (Å²) >= 11 is 0. The molecular formula is C22H28O5. The monoisotopic (exact) mass is 372 g/mol. The molecule has 27 heavy (non-hydrogen) atoms. The van der Waals surface area contributed by atoms with Crippen molar-refractivity contribution in [2.45, 2.75) is 47.1 Å². The summed E-state index contributed by atoms with van der Waals surface area (Å²) in [6.45, 7) is 9.34. The van der Waals surface area contributed by atoms with E-state index in [2.05, 4.69) is 0 Å². The predicted octanol–water partition coefficient (Wildman–Crippen LogP) is 3.71. The molecule has 1 saturated carbocycles. The molecule has 0 spiro atoms. The minimum absolute atomic E-state index is 0.0147. The molecule has 5 nitrogen and oxygen atoms in total. The first-order valence-corrected chi connectivity index (χ1v) is 9.15. The summed E-state index contributed by atoms with van der Waals surface area (Å²) in [7, 11) is 1.33. The second-order valence-corrected chi connectivity index (χ2v) is 7.70. The molecule has 0 aromatic heterocycles. The van der Waals surface area contributed by atoms with Crippen molar-refractivity contribution in [3.05, 3.63) is 47.1 Å². The second kappa shape index (κ2) is 8.07. The lowest BCUT2D eigenvalue weighted by Gasteiger charge is -2.13. The van der Waals surface area contributed by atoms with Gasteiger partial charge in [0.15, 0.2) is 5.78 Å². The van der Waals surface area contributed by atoms with Gasteiger partial charge in [0.2, 0.25) is 0 Å². The highest BCUT2D eigenvalue weighted by Crippen LogP contribution is 2.60. The van der Waals surface area contributed by atoms with Gasteiger partial charge in [-0.3, -0.25) is 9.59 Å². The van der Waals surface area contributed by atoms with Gasteiger partial charge in [0.1, 0.15) is 6.10 Å². The van der Waals surface area contributed by atoms with Gasteiger partial charge in [-0.05, 0) is 37.7 Å². The van der Waals surface area contributed by atoms with E-state index in [9.17, 15) is 14.4 Å². The highest BCUT2D eigenvalue weighted by Gasteiger charge is 2.62. The second-order valence-electron chi connectivity index (χ2n) is 7.70. The molecule has 0 radical (unpaired) electrons. The summed E-state index contributed by atoms with van der Waals surface area (Å²) in [6, 6.07) is 0. The van der Waals surface area contributed by atoms with Crippen molar-refractivity contribution in [1.29, 1.82) is 0 Å². The van der Waals surface area contributed by atoms with Crippen molar-refractivity contribution in [2.24, 2.45) is 17.3 Å². The summed E-state index contributed by atoms with van der Waals surface area (Å²) in [5.74, 6) is -1.15. The van der Waals surface area contributed by atoms with Crippen LogP contribution in [-0.2, 0) is 23.9 Å². The zero-order chi connectivity index (χ0) is 20.4. The molecule has 0 bridgehead atoms. The van der Waals surface area contributed by atoms with Crippen LogP contribution in [0.15, 0.2) is 47.1 Å². The third-order valence-corrected chi connectivity index (χ3v) is 5.51. The Labute approximate surface area is 160 Å². The van der Waals surface area contributed by atoms with Gasteiger partial charge in [-0.25, -0.2) is 4.79 Å². The maximum absolute atomic E-state index is 12.7. The molecule has 0 N–H and O–H groups in total. The third kappa shape index (κ3) is 4.29. The van der Waals surface area contributed by atoms with Gasteiger partial charge >= 0.3 is 11.9 Å². The van der Waals surface area contributed by atoms with E-state index < -0.39 is 12.1 Å². The number of hydrogen-bond acceptors (Lipinski definition) is 5. The molecule has 2 aliphatic carbocycles. The van der Waals surface area contributed by atoms with Crippen molar-refractivity contribution in [3.63, 3.8) is 0 Å². The fraction of sp³-hybridized carbons (Fsp3) is 0.500. The zero-order valence-corrected chi connectivity index (χ0v) is 16.9. The van der Waals surface area contributed by atoms with Crippen LogP contribution >= 0.6 is 0 Å². The van der Waals surface area contributed by atoms with Crippen LogP contribution in [-0.4, -0.2) is 30.9 Å². The quantitative estimate of drug-likeness (QED) is 0.404. The van der Waals surface area contributed by atoms with E-state index in [1.54, 1.807) is 25.2 Å². The van der Waals surface area contributed by atoms with Crippen LogP contribution in [0.3, 0.4) is 0 Å². The van der Waals surface area contributed by atoms with Crippen LogP contribution in [0.5, 0.6) is 0 Å². The van der Waals surface area contributed by atoms with Gasteiger partial charge in [0.25, 0.3) is 0 Å². The molecule has 1 fully saturated rings. The van der Waals surface area contributed by atoms with E-state index in [0.29, 0.717) is 11.1 Å². The van der Waals surface area contributed by atoms with Crippen molar-refractivity contribution < 1.29 is 23.9 Å². The number of hydrogen-bond donors (Lipinski definition) is 0. The van der Waals surface area contributed by atoms with Gasteiger partial charge in [-0.15, -0.1) is 0 Å². The lowest BCUT2D eigenvalue weighted by molar-refractivity contribution is -0.150. The van der Waals surface area contributed by atoms with Gasteiger partial charge in [-0.2, -0.15) is 0 Å². The molecule has 2 aliphatic rings. The Kier molecular flexibility index (Phi) is 6.24. The van der Waals surface area contributed by atoms with Gasteiger partial charge in [-0.1, -0.05) is 44.2 Å². The lowest BCUT2D eigenvalue weighted by Crippen LogP contribution is -2.20. The van der Waals surface area contributed by atoms with Crippen LogP contribution in [0.1, 0.15) is 41.0 Å². The van der Waals surface area contributed by atoms with Crippen LogP contribution in [0, 0.1) is 17.3 Å². The van der Waals surface area contributed by atoms with E-state index in [1.807, 2.05) is 39.8 Å². The molecule has 0 saturated heterocycles. The van der Waals surface area contributed by atoms with E-state index in [-0.39, 0.29) is 35.4 Å². The van der Waals surface area contributed by atoms with Crippen LogP contribution in [0.2, 0.25) is 0 Å². The van der Waals surface area contributed by atoms with Crippen LogP contribution in [0.25, 0.3) is 0 Å². The zero-order valence-electron chi connectivity index (χ0n) is 16.9. The number of rotatable bonds is 6. The molecular weight excluding hydrogens is 344 g/mol. The Bertz CT molecular complexity index is 764. The Morgan fingerprint density at radius 1 is 1.22 bits per heavy atom. The van der Waals surface area contributed by atoms with Gasteiger partial charge in [0, 0.05) is 11.1 Å². The Morgan fingerprint density at radius 3 is 2.48 bits per heavy atom. The fourth-order valence-electron chi connectivity index (χ4n) is 3.59. The molecule has 146 valence electrons. The van der Waals surface area contributed by atoms with Gasteiger partial charge < -0.3 is 9.47 Å². The first-order valence-electron chi connectivity index (χ1n) is 9.15. The normalized spacial score (nSPS) is 27.6. The summed E-state index contributed by atoms with van der Waals surface area (Å²) in [6.07, 6.45) is 8.74. The lowest BCUT2D eigenvalue weighted by atomic mass is 10.1. The molecule has 0 amide bonds. The number of carbonyl (C=O) groups excluding carboxylic acids is 3. The molecule has 3 unspecified atom stereocenters. The topological polar surface area (TPSA) is 69.7 Å². The number of Topliss-reactive ketones (excluding diaryl/α,β-unsaturated/α-hetero) is 1. The Hall–Kier alpha value is -2.43. The number of ether oxygens (including phenoxy) is 2. The van der Waals surface area contributed by atoms with Crippen LogP contribution < -0.4 is 0 Å². The molecule has 0 aliphatic heterocycles. The fourth-order valence-corrected chi connectivity index (χ4v) is 3.59. The molecule has 0 aromatic carbocycles. The molecule has 2 rings (SSSR count). The average molecular weight is 372 g/mol. The van der Waals surface area contributed by atoms with Crippen molar-refractivity contribution >= 4 is 17.7 Å². The summed E-state index contributed by atoms with van der Waals surface area (Å²) in [5.41, 5.74) is 1.58. The average Bonchev–Trinajstić information content (AvgIpc) is 3.05. The summed E-state index contributed by atoms with van der Waals surface area (Å²) < 4.78 is 10.4. The predicted molar refractivity (Wildman–Crippen MR) is 103 cm³/mol. The number of allylic oxidation sites excluding steroid dienone is 6. The number of esters is 2. The molecule has 0 heterocycles.